The number of carbonyl (C=O) groups is 2. The SMILES string of the molecule is COC(=O)c1c(-c2cc(F)cc(F)c2Br)nn(-c2ccccc2)c1C(=O)OC. The molecule has 6 nitrogen and oxygen atoms in total. The predicted octanol–water partition coefficient (Wildman–Crippen LogP) is 4.15. The summed E-state index contributed by atoms with van der Waals surface area (Å²) in [5.41, 5.74) is -0.262. The fourth-order valence-electron chi connectivity index (χ4n) is 2.67. The van der Waals surface area contributed by atoms with E-state index in [1.807, 2.05) is 0 Å². The Kier molecular flexibility index (Phi) is 5.55. The van der Waals surface area contributed by atoms with Crippen LogP contribution in [0.5, 0.6) is 0 Å². The minimum Gasteiger partial charge on any atom is -0.465 e. The molecule has 0 saturated carbocycles. The molecule has 9 heteroatoms. The fourth-order valence-corrected chi connectivity index (χ4v) is 3.09. The van der Waals surface area contributed by atoms with Crippen LogP contribution in [0.2, 0.25) is 0 Å². The second-order valence-corrected chi connectivity index (χ2v) is 6.34. The van der Waals surface area contributed by atoms with Gasteiger partial charge in [0.25, 0.3) is 0 Å². The highest BCUT2D eigenvalue weighted by molar-refractivity contribution is 9.10. The highest BCUT2D eigenvalue weighted by atomic mass is 79.9. The molecule has 0 radical (unpaired) electrons. The highest BCUT2D eigenvalue weighted by Crippen LogP contribution is 2.35. The summed E-state index contributed by atoms with van der Waals surface area (Å²) in [5.74, 6) is -3.54. The van der Waals surface area contributed by atoms with E-state index in [4.69, 9.17) is 9.47 Å². The summed E-state index contributed by atoms with van der Waals surface area (Å²) >= 11 is 3.04. The summed E-state index contributed by atoms with van der Waals surface area (Å²) in [6, 6.07) is 10.1. The first-order valence-electron chi connectivity index (χ1n) is 7.89. The quantitative estimate of drug-likeness (QED) is 0.441. The third-order valence-corrected chi connectivity index (χ3v) is 4.71. The van der Waals surface area contributed by atoms with Crippen LogP contribution in [0.4, 0.5) is 8.78 Å². The number of ether oxygens (including phenoxy) is 2. The first-order chi connectivity index (χ1) is 13.4. The van der Waals surface area contributed by atoms with Crippen molar-refractivity contribution in [1.82, 2.24) is 9.78 Å². The van der Waals surface area contributed by atoms with Gasteiger partial charge < -0.3 is 9.47 Å². The number of aromatic nitrogens is 2. The van der Waals surface area contributed by atoms with E-state index in [0.29, 0.717) is 11.8 Å². The molecule has 2 aromatic carbocycles. The lowest BCUT2D eigenvalue weighted by Crippen LogP contribution is -2.15. The molecule has 28 heavy (non-hydrogen) atoms. The zero-order valence-corrected chi connectivity index (χ0v) is 16.3. The molecule has 0 unspecified atom stereocenters. The van der Waals surface area contributed by atoms with Gasteiger partial charge in [-0.25, -0.2) is 23.1 Å². The molecule has 1 heterocycles. The van der Waals surface area contributed by atoms with E-state index >= 15 is 0 Å². The van der Waals surface area contributed by atoms with E-state index in [1.54, 1.807) is 30.3 Å². The van der Waals surface area contributed by atoms with Crippen molar-refractivity contribution in [3.8, 4) is 16.9 Å². The van der Waals surface area contributed by atoms with Crippen molar-refractivity contribution in [2.45, 2.75) is 0 Å². The molecule has 0 saturated heterocycles. The van der Waals surface area contributed by atoms with Crippen LogP contribution in [0.3, 0.4) is 0 Å². The normalized spacial score (nSPS) is 10.6. The van der Waals surface area contributed by atoms with Crippen molar-refractivity contribution in [3.63, 3.8) is 0 Å². The van der Waals surface area contributed by atoms with Gasteiger partial charge in [0.2, 0.25) is 0 Å². The molecule has 144 valence electrons. The Labute approximate surface area is 166 Å². The molecule has 0 bridgehead atoms. The average Bonchev–Trinajstić information content (AvgIpc) is 3.10. The number of hydrogen-bond acceptors (Lipinski definition) is 5. The number of nitrogens with zero attached hydrogens (tertiary/aromatic N) is 2. The molecular weight excluding hydrogens is 438 g/mol. The van der Waals surface area contributed by atoms with Crippen LogP contribution in [0.1, 0.15) is 20.8 Å². The maximum atomic E-state index is 14.1. The fraction of sp³-hybridized carbons (Fsp3) is 0.105. The highest BCUT2D eigenvalue weighted by Gasteiger charge is 2.32. The van der Waals surface area contributed by atoms with Crippen molar-refractivity contribution in [3.05, 3.63) is 69.8 Å². The Bertz CT molecular complexity index is 1070. The van der Waals surface area contributed by atoms with Crippen LogP contribution in [-0.2, 0) is 9.47 Å². The van der Waals surface area contributed by atoms with Gasteiger partial charge in [-0.2, -0.15) is 5.10 Å². The summed E-state index contributed by atoms with van der Waals surface area (Å²) in [4.78, 5) is 24.9. The molecule has 0 aliphatic rings. The molecule has 0 N–H and O–H groups in total. The van der Waals surface area contributed by atoms with Gasteiger partial charge in [-0.1, -0.05) is 18.2 Å². The largest absolute Gasteiger partial charge is 0.465 e. The maximum absolute atomic E-state index is 14.1. The van der Waals surface area contributed by atoms with Crippen molar-refractivity contribution in [2.24, 2.45) is 0 Å². The summed E-state index contributed by atoms with van der Waals surface area (Å²) in [6.07, 6.45) is 0. The molecule has 0 spiro atoms. The number of halogens is 3. The minimum atomic E-state index is -0.908. The zero-order valence-electron chi connectivity index (χ0n) is 14.7. The van der Waals surface area contributed by atoms with E-state index in [-0.39, 0.29) is 27.0 Å². The van der Waals surface area contributed by atoms with Crippen LogP contribution < -0.4 is 0 Å². The van der Waals surface area contributed by atoms with Gasteiger partial charge in [0.1, 0.15) is 22.9 Å². The standard InChI is InChI=1S/C19H13BrF2N2O4/c1-27-18(25)14-16(12-8-10(21)9-13(22)15(12)20)23-24(17(14)19(26)28-2)11-6-4-3-5-7-11/h3-9H,1-2H3. The number of carbonyl (C=O) groups excluding carboxylic acids is 2. The van der Waals surface area contributed by atoms with Crippen LogP contribution in [0, 0.1) is 11.6 Å². The van der Waals surface area contributed by atoms with Crippen molar-refractivity contribution < 1.29 is 27.8 Å². The second-order valence-electron chi connectivity index (χ2n) is 5.55. The first-order valence-corrected chi connectivity index (χ1v) is 8.68. The maximum Gasteiger partial charge on any atom is 0.357 e. The Morgan fingerprint density at radius 1 is 1.04 bits per heavy atom. The molecular formula is C19H13BrF2N2O4. The van der Waals surface area contributed by atoms with Crippen LogP contribution >= 0.6 is 15.9 Å². The van der Waals surface area contributed by atoms with E-state index in [2.05, 4.69) is 21.0 Å². The molecule has 0 amide bonds. The topological polar surface area (TPSA) is 70.4 Å². The first kappa shape index (κ1) is 19.7. The van der Waals surface area contributed by atoms with Crippen LogP contribution in [0.15, 0.2) is 46.9 Å². The van der Waals surface area contributed by atoms with Crippen LogP contribution in [0.25, 0.3) is 16.9 Å². The van der Waals surface area contributed by atoms with Crippen molar-refractivity contribution in [1.29, 1.82) is 0 Å². The Balaban J connectivity index is 2.43. The monoisotopic (exact) mass is 450 g/mol. The smallest absolute Gasteiger partial charge is 0.357 e. The molecule has 3 rings (SSSR count). The van der Waals surface area contributed by atoms with Gasteiger partial charge in [0, 0.05) is 11.6 Å². The number of esters is 2. The number of hydrogen-bond donors (Lipinski definition) is 0. The Hall–Kier alpha value is -3.07. The summed E-state index contributed by atoms with van der Waals surface area (Å²) in [5, 5.41) is 4.28. The lowest BCUT2D eigenvalue weighted by Gasteiger charge is -2.07. The van der Waals surface area contributed by atoms with E-state index in [1.165, 1.54) is 4.68 Å². The predicted molar refractivity (Wildman–Crippen MR) is 99.3 cm³/mol. The van der Waals surface area contributed by atoms with E-state index in [9.17, 15) is 18.4 Å². The molecule has 0 fully saturated rings. The second kappa shape index (κ2) is 7.89. The third kappa shape index (κ3) is 3.40. The third-order valence-electron chi connectivity index (χ3n) is 3.90. The van der Waals surface area contributed by atoms with Crippen molar-refractivity contribution >= 4 is 27.9 Å². The van der Waals surface area contributed by atoms with E-state index in [0.717, 1.165) is 20.3 Å². The molecule has 1 aromatic heterocycles. The lowest BCUT2D eigenvalue weighted by molar-refractivity contribution is 0.0549. The van der Waals surface area contributed by atoms with Gasteiger partial charge in [0.05, 0.1) is 24.4 Å². The minimum absolute atomic E-state index is 0.0577. The van der Waals surface area contributed by atoms with Gasteiger partial charge in [-0.05, 0) is 34.1 Å². The molecule has 3 aromatic rings. The molecule has 0 aliphatic heterocycles. The van der Waals surface area contributed by atoms with E-state index < -0.39 is 23.6 Å². The Morgan fingerprint density at radius 2 is 1.68 bits per heavy atom. The summed E-state index contributed by atoms with van der Waals surface area (Å²) < 4.78 is 38.6. The van der Waals surface area contributed by atoms with Gasteiger partial charge in [0.15, 0.2) is 5.69 Å². The summed E-state index contributed by atoms with van der Waals surface area (Å²) in [6.45, 7) is 0. The number of para-hydroxylation sites is 1. The number of benzene rings is 2. The van der Waals surface area contributed by atoms with Gasteiger partial charge in [-0.3, -0.25) is 0 Å². The van der Waals surface area contributed by atoms with Crippen molar-refractivity contribution in [2.75, 3.05) is 14.2 Å². The van der Waals surface area contributed by atoms with Gasteiger partial charge in [-0.15, -0.1) is 0 Å². The molecule has 0 aliphatic carbocycles. The average molecular weight is 451 g/mol. The molecule has 0 atom stereocenters. The Morgan fingerprint density at radius 3 is 2.29 bits per heavy atom. The number of rotatable bonds is 4. The number of methoxy groups -OCH3 is 2. The van der Waals surface area contributed by atoms with Gasteiger partial charge >= 0.3 is 11.9 Å². The zero-order chi connectivity index (χ0) is 20.4. The van der Waals surface area contributed by atoms with Crippen LogP contribution in [-0.4, -0.2) is 35.9 Å². The summed E-state index contributed by atoms with van der Waals surface area (Å²) in [7, 11) is 2.26. The lowest BCUT2D eigenvalue weighted by atomic mass is 10.1.